The van der Waals surface area contributed by atoms with E-state index in [-0.39, 0.29) is 5.82 Å². The van der Waals surface area contributed by atoms with Gasteiger partial charge in [-0.15, -0.1) is 0 Å². The first-order chi connectivity index (χ1) is 6.66. The molecular weight excluding hydrogens is 245 g/mol. The number of hydrogen-bond donors (Lipinski definition) is 1. The molecule has 0 amide bonds. The molecule has 0 aromatic heterocycles. The molecule has 0 bridgehead atoms. The lowest BCUT2D eigenvalue weighted by Gasteiger charge is -2.09. The zero-order valence-corrected chi connectivity index (χ0v) is 9.64. The van der Waals surface area contributed by atoms with Crippen molar-refractivity contribution in [2.45, 2.75) is 25.3 Å². The van der Waals surface area contributed by atoms with Crippen molar-refractivity contribution in [3.8, 4) is 0 Å². The van der Waals surface area contributed by atoms with E-state index < -0.39 is 0 Å². The van der Waals surface area contributed by atoms with Gasteiger partial charge >= 0.3 is 0 Å². The second-order valence-corrected chi connectivity index (χ2v) is 4.77. The first-order valence-corrected chi connectivity index (χ1v) is 5.64. The fourth-order valence-corrected chi connectivity index (χ4v) is 2.35. The number of nitrogens with one attached hydrogen (secondary N) is 1. The number of rotatable bonds is 1. The van der Waals surface area contributed by atoms with Gasteiger partial charge in [0.25, 0.3) is 0 Å². The molecular formula is C11H13BrFN. The van der Waals surface area contributed by atoms with Crippen LogP contribution < -0.4 is 5.32 Å². The molecule has 1 aliphatic heterocycles. The predicted molar refractivity (Wildman–Crippen MR) is 58.9 cm³/mol. The first kappa shape index (κ1) is 10.1. The average Bonchev–Trinajstić information content (AvgIpc) is 2.57. The van der Waals surface area contributed by atoms with Gasteiger partial charge in [0.15, 0.2) is 0 Å². The molecule has 1 aromatic rings. The van der Waals surface area contributed by atoms with E-state index in [0.717, 1.165) is 13.0 Å². The topological polar surface area (TPSA) is 12.0 Å². The van der Waals surface area contributed by atoms with Crippen molar-refractivity contribution in [2.75, 3.05) is 6.54 Å². The molecule has 1 fully saturated rings. The minimum atomic E-state index is -0.187. The summed E-state index contributed by atoms with van der Waals surface area (Å²) in [4.78, 5) is 0. The molecule has 2 unspecified atom stereocenters. The molecule has 3 heteroatoms. The molecule has 1 saturated heterocycles. The lowest BCUT2D eigenvalue weighted by atomic mass is 9.97. The van der Waals surface area contributed by atoms with Crippen LogP contribution in [0.5, 0.6) is 0 Å². The minimum absolute atomic E-state index is 0.187. The van der Waals surface area contributed by atoms with Gasteiger partial charge in [-0.1, -0.05) is 6.07 Å². The van der Waals surface area contributed by atoms with Crippen LogP contribution in [0.2, 0.25) is 0 Å². The van der Waals surface area contributed by atoms with E-state index in [1.165, 1.54) is 11.6 Å². The standard InChI is InChI=1S/C11H13BrFN/c1-7-4-9(6-14-7)8-2-3-11(13)10(12)5-8/h2-3,5,7,9,14H,4,6H2,1H3. The summed E-state index contributed by atoms with van der Waals surface area (Å²) < 4.78 is 13.6. The lowest BCUT2D eigenvalue weighted by molar-refractivity contribution is 0.618. The SMILES string of the molecule is CC1CC(c2ccc(F)c(Br)c2)CN1. The van der Waals surface area contributed by atoms with Crippen molar-refractivity contribution in [3.05, 3.63) is 34.1 Å². The molecule has 0 radical (unpaired) electrons. The van der Waals surface area contributed by atoms with Gasteiger partial charge in [-0.2, -0.15) is 0 Å². The van der Waals surface area contributed by atoms with Crippen molar-refractivity contribution in [3.63, 3.8) is 0 Å². The summed E-state index contributed by atoms with van der Waals surface area (Å²) in [5.41, 5.74) is 1.22. The van der Waals surface area contributed by atoms with Crippen LogP contribution in [0.15, 0.2) is 22.7 Å². The first-order valence-electron chi connectivity index (χ1n) is 4.85. The molecule has 1 heterocycles. The van der Waals surface area contributed by atoms with Gasteiger partial charge in [0.2, 0.25) is 0 Å². The molecule has 1 aromatic carbocycles. The van der Waals surface area contributed by atoms with Crippen molar-refractivity contribution in [1.82, 2.24) is 5.32 Å². The summed E-state index contributed by atoms with van der Waals surface area (Å²) in [6.45, 7) is 3.18. The Morgan fingerprint density at radius 1 is 1.50 bits per heavy atom. The van der Waals surface area contributed by atoms with Gasteiger partial charge in [0.1, 0.15) is 5.82 Å². The summed E-state index contributed by atoms with van der Waals surface area (Å²) in [5, 5.41) is 3.39. The summed E-state index contributed by atoms with van der Waals surface area (Å²) in [7, 11) is 0. The highest BCUT2D eigenvalue weighted by Gasteiger charge is 2.22. The van der Waals surface area contributed by atoms with Gasteiger partial charge < -0.3 is 5.32 Å². The van der Waals surface area contributed by atoms with E-state index in [9.17, 15) is 4.39 Å². The Hall–Kier alpha value is -0.410. The smallest absolute Gasteiger partial charge is 0.137 e. The van der Waals surface area contributed by atoms with Gasteiger partial charge in [-0.25, -0.2) is 4.39 Å². The molecule has 2 atom stereocenters. The Bertz CT molecular complexity index is 340. The summed E-state index contributed by atoms with van der Waals surface area (Å²) in [6, 6.07) is 5.87. The van der Waals surface area contributed by atoms with Crippen LogP contribution in [0.3, 0.4) is 0 Å². The van der Waals surface area contributed by atoms with Crippen molar-refractivity contribution in [2.24, 2.45) is 0 Å². The third-order valence-electron chi connectivity index (χ3n) is 2.77. The molecule has 0 aliphatic carbocycles. The van der Waals surface area contributed by atoms with Crippen LogP contribution in [0, 0.1) is 5.82 Å². The zero-order valence-electron chi connectivity index (χ0n) is 8.06. The van der Waals surface area contributed by atoms with E-state index in [2.05, 4.69) is 28.2 Å². The maximum atomic E-state index is 13.0. The third kappa shape index (κ3) is 1.98. The molecule has 2 rings (SSSR count). The zero-order chi connectivity index (χ0) is 10.1. The quantitative estimate of drug-likeness (QED) is 0.816. The lowest BCUT2D eigenvalue weighted by Crippen LogP contribution is -2.16. The Morgan fingerprint density at radius 2 is 2.29 bits per heavy atom. The molecule has 76 valence electrons. The highest BCUT2D eigenvalue weighted by molar-refractivity contribution is 9.10. The number of hydrogen-bond acceptors (Lipinski definition) is 1. The van der Waals surface area contributed by atoms with Crippen LogP contribution in [-0.4, -0.2) is 12.6 Å². The van der Waals surface area contributed by atoms with Gasteiger partial charge in [-0.05, 0) is 52.9 Å². The number of halogens is 2. The Morgan fingerprint density at radius 3 is 2.86 bits per heavy atom. The van der Waals surface area contributed by atoms with E-state index in [1.807, 2.05) is 12.1 Å². The maximum absolute atomic E-state index is 13.0. The van der Waals surface area contributed by atoms with Gasteiger partial charge in [0, 0.05) is 12.6 Å². The molecule has 1 nitrogen and oxygen atoms in total. The van der Waals surface area contributed by atoms with Gasteiger partial charge in [0.05, 0.1) is 4.47 Å². The predicted octanol–water partition coefficient (Wildman–Crippen LogP) is 3.05. The average molecular weight is 258 g/mol. The minimum Gasteiger partial charge on any atom is -0.314 e. The van der Waals surface area contributed by atoms with Crippen LogP contribution in [0.25, 0.3) is 0 Å². The van der Waals surface area contributed by atoms with E-state index in [1.54, 1.807) is 0 Å². The largest absolute Gasteiger partial charge is 0.314 e. The van der Waals surface area contributed by atoms with E-state index >= 15 is 0 Å². The fourth-order valence-electron chi connectivity index (χ4n) is 1.96. The van der Waals surface area contributed by atoms with Crippen molar-refractivity contribution < 1.29 is 4.39 Å². The fraction of sp³-hybridized carbons (Fsp3) is 0.455. The second-order valence-electron chi connectivity index (χ2n) is 3.92. The second kappa shape index (κ2) is 3.99. The summed E-state index contributed by atoms with van der Waals surface area (Å²) in [5.74, 6) is 0.342. The molecule has 0 saturated carbocycles. The molecule has 14 heavy (non-hydrogen) atoms. The number of benzene rings is 1. The maximum Gasteiger partial charge on any atom is 0.137 e. The van der Waals surface area contributed by atoms with Crippen molar-refractivity contribution >= 4 is 15.9 Å². The summed E-state index contributed by atoms with van der Waals surface area (Å²) >= 11 is 3.21. The molecule has 0 spiro atoms. The van der Waals surface area contributed by atoms with Crippen LogP contribution in [-0.2, 0) is 0 Å². The van der Waals surface area contributed by atoms with Crippen molar-refractivity contribution in [1.29, 1.82) is 0 Å². The van der Waals surface area contributed by atoms with Crippen LogP contribution in [0.1, 0.15) is 24.8 Å². The van der Waals surface area contributed by atoms with E-state index in [4.69, 9.17) is 0 Å². The monoisotopic (exact) mass is 257 g/mol. The normalized spacial score (nSPS) is 26.8. The van der Waals surface area contributed by atoms with Gasteiger partial charge in [-0.3, -0.25) is 0 Å². The third-order valence-corrected chi connectivity index (χ3v) is 3.37. The Balaban J connectivity index is 2.20. The highest BCUT2D eigenvalue weighted by atomic mass is 79.9. The highest BCUT2D eigenvalue weighted by Crippen LogP contribution is 2.28. The Kier molecular flexibility index (Phi) is 2.88. The molecule has 1 aliphatic rings. The Labute approximate surface area is 91.8 Å². The van der Waals surface area contributed by atoms with Crippen LogP contribution in [0.4, 0.5) is 4.39 Å². The van der Waals surface area contributed by atoms with E-state index in [0.29, 0.717) is 16.4 Å². The molecule has 1 N–H and O–H groups in total. The summed E-state index contributed by atoms with van der Waals surface area (Å²) in [6.07, 6.45) is 1.14. The van der Waals surface area contributed by atoms with Crippen LogP contribution >= 0.6 is 15.9 Å².